The van der Waals surface area contributed by atoms with Crippen LogP contribution in [0.3, 0.4) is 0 Å². The van der Waals surface area contributed by atoms with Gasteiger partial charge in [0.2, 0.25) is 0 Å². The Morgan fingerprint density at radius 3 is 2.71 bits per heavy atom. The van der Waals surface area contributed by atoms with Gasteiger partial charge in [-0.15, -0.1) is 0 Å². The van der Waals surface area contributed by atoms with Crippen molar-refractivity contribution in [3.63, 3.8) is 0 Å². The monoisotopic (exact) mass is 292 g/mol. The molecule has 2 aliphatic heterocycles. The number of nitriles is 1. The average Bonchev–Trinajstić information content (AvgIpc) is 2.94. The summed E-state index contributed by atoms with van der Waals surface area (Å²) >= 11 is 0. The summed E-state index contributed by atoms with van der Waals surface area (Å²) in [5.41, 5.74) is -0.719. The smallest absolute Gasteiger partial charge is 0.260 e. The lowest BCUT2D eigenvalue weighted by atomic mass is 9.91. The van der Waals surface area contributed by atoms with E-state index in [2.05, 4.69) is 0 Å². The molecule has 1 aromatic rings. The van der Waals surface area contributed by atoms with Crippen molar-refractivity contribution in [2.24, 2.45) is 5.92 Å². The molecule has 0 aliphatic carbocycles. The molecule has 2 aliphatic rings. The van der Waals surface area contributed by atoms with Gasteiger partial charge in [-0.25, -0.2) is 8.78 Å². The molecule has 0 spiro atoms. The molecule has 3 rings (SSSR count). The van der Waals surface area contributed by atoms with Crippen molar-refractivity contribution in [1.29, 1.82) is 5.26 Å². The molecule has 110 valence electrons. The van der Waals surface area contributed by atoms with E-state index >= 15 is 0 Å². The fraction of sp³-hybridized carbons (Fsp3) is 0.467. The molecule has 4 nitrogen and oxygen atoms in total. The first-order valence-electron chi connectivity index (χ1n) is 6.89. The minimum Gasteiger partial charge on any atom is -0.379 e. The molecule has 6 heteroatoms. The zero-order chi connectivity index (χ0) is 15.0. The minimum atomic E-state index is -0.988. The van der Waals surface area contributed by atoms with E-state index in [1.165, 1.54) is 4.90 Å². The molecule has 2 fully saturated rings. The third kappa shape index (κ3) is 2.38. The molecule has 0 aromatic heterocycles. The maximum Gasteiger partial charge on any atom is 0.260 e. The Bertz CT molecular complexity index is 604. The Morgan fingerprint density at radius 1 is 1.33 bits per heavy atom. The molecule has 2 saturated heterocycles. The van der Waals surface area contributed by atoms with Crippen LogP contribution in [0.25, 0.3) is 0 Å². The largest absolute Gasteiger partial charge is 0.379 e. The van der Waals surface area contributed by atoms with E-state index in [9.17, 15) is 13.6 Å². The van der Waals surface area contributed by atoms with Crippen molar-refractivity contribution in [1.82, 2.24) is 4.90 Å². The average molecular weight is 292 g/mol. The first kappa shape index (κ1) is 14.0. The Balaban J connectivity index is 1.93. The van der Waals surface area contributed by atoms with Crippen LogP contribution < -0.4 is 0 Å². The van der Waals surface area contributed by atoms with Gasteiger partial charge >= 0.3 is 0 Å². The lowest BCUT2D eigenvalue weighted by Crippen LogP contribution is -2.48. The second-order valence-corrected chi connectivity index (χ2v) is 5.43. The predicted octanol–water partition coefficient (Wildman–Crippen LogP) is 2.09. The van der Waals surface area contributed by atoms with Crippen LogP contribution in [0.4, 0.5) is 8.78 Å². The SMILES string of the molecule is N#Cc1cc(F)c(C(=O)N2CCC[C@H]3COC[C@H]32)c(F)c1. The maximum absolute atomic E-state index is 14.0. The molecule has 0 bridgehead atoms. The third-order valence-corrected chi connectivity index (χ3v) is 4.18. The second-order valence-electron chi connectivity index (χ2n) is 5.43. The van der Waals surface area contributed by atoms with E-state index in [0.717, 1.165) is 25.0 Å². The number of benzene rings is 1. The Hall–Kier alpha value is -2.00. The summed E-state index contributed by atoms with van der Waals surface area (Å²) in [6.45, 7) is 1.48. The van der Waals surface area contributed by atoms with Gasteiger partial charge < -0.3 is 9.64 Å². The van der Waals surface area contributed by atoms with Gasteiger partial charge in [0, 0.05) is 12.5 Å². The molecule has 2 heterocycles. The molecular formula is C15H14F2N2O2. The number of halogens is 2. The summed E-state index contributed by atoms with van der Waals surface area (Å²) in [5.74, 6) is -2.39. The fourth-order valence-electron chi connectivity index (χ4n) is 3.13. The van der Waals surface area contributed by atoms with E-state index < -0.39 is 23.1 Å². The van der Waals surface area contributed by atoms with Crippen LogP contribution in [0.1, 0.15) is 28.8 Å². The molecule has 2 atom stereocenters. The predicted molar refractivity (Wildman–Crippen MR) is 69.4 cm³/mol. The lowest BCUT2D eigenvalue weighted by molar-refractivity contribution is 0.0549. The van der Waals surface area contributed by atoms with Gasteiger partial charge in [0.15, 0.2) is 0 Å². The number of piperidine rings is 1. The van der Waals surface area contributed by atoms with Crippen LogP contribution in [0.15, 0.2) is 12.1 Å². The Kier molecular flexibility index (Phi) is 3.60. The highest BCUT2D eigenvalue weighted by Gasteiger charge is 2.39. The highest BCUT2D eigenvalue weighted by atomic mass is 19.1. The van der Waals surface area contributed by atoms with Crippen molar-refractivity contribution in [3.8, 4) is 6.07 Å². The quantitative estimate of drug-likeness (QED) is 0.796. The van der Waals surface area contributed by atoms with Crippen molar-refractivity contribution < 1.29 is 18.3 Å². The highest BCUT2D eigenvalue weighted by molar-refractivity contribution is 5.95. The van der Waals surface area contributed by atoms with Crippen molar-refractivity contribution >= 4 is 5.91 Å². The number of nitrogens with zero attached hydrogens (tertiary/aromatic N) is 2. The molecule has 0 saturated carbocycles. The summed E-state index contributed by atoms with van der Waals surface area (Å²) in [5, 5.41) is 8.69. The van der Waals surface area contributed by atoms with Crippen LogP contribution in [-0.2, 0) is 4.74 Å². The van der Waals surface area contributed by atoms with E-state index in [1.54, 1.807) is 6.07 Å². The maximum atomic E-state index is 14.0. The summed E-state index contributed by atoms with van der Waals surface area (Å²) in [7, 11) is 0. The molecule has 1 amide bonds. The van der Waals surface area contributed by atoms with E-state index in [0.29, 0.717) is 19.8 Å². The number of amides is 1. The minimum absolute atomic E-state index is 0.110. The van der Waals surface area contributed by atoms with Crippen LogP contribution in [0.2, 0.25) is 0 Å². The van der Waals surface area contributed by atoms with Crippen LogP contribution >= 0.6 is 0 Å². The second kappa shape index (κ2) is 5.41. The Labute approximate surface area is 120 Å². The number of carbonyl (C=O) groups is 1. The van der Waals surface area contributed by atoms with E-state index in [1.807, 2.05) is 0 Å². The number of carbonyl (C=O) groups excluding carboxylic acids is 1. The van der Waals surface area contributed by atoms with Gasteiger partial charge in [-0.05, 0) is 25.0 Å². The van der Waals surface area contributed by atoms with Crippen molar-refractivity contribution in [2.45, 2.75) is 18.9 Å². The van der Waals surface area contributed by atoms with Gasteiger partial charge in [-0.2, -0.15) is 5.26 Å². The zero-order valence-corrected chi connectivity index (χ0v) is 11.3. The van der Waals surface area contributed by atoms with E-state index in [4.69, 9.17) is 10.00 Å². The summed E-state index contributed by atoms with van der Waals surface area (Å²) in [6.07, 6.45) is 1.77. The standard InChI is InChI=1S/C15H14F2N2O2/c16-11-4-9(6-18)5-12(17)14(11)15(20)19-3-1-2-10-7-21-8-13(10)19/h4-5,10,13H,1-3,7-8H2/t10-,13+/m0/s1. The Morgan fingerprint density at radius 2 is 2.05 bits per heavy atom. The van der Waals surface area contributed by atoms with Gasteiger partial charge in [0.25, 0.3) is 5.91 Å². The summed E-state index contributed by atoms with van der Waals surface area (Å²) in [6, 6.07) is 3.34. The lowest BCUT2D eigenvalue weighted by Gasteiger charge is -2.36. The number of hydrogen-bond donors (Lipinski definition) is 0. The highest BCUT2D eigenvalue weighted by Crippen LogP contribution is 2.31. The van der Waals surface area contributed by atoms with Crippen LogP contribution in [-0.4, -0.2) is 36.6 Å². The summed E-state index contributed by atoms with van der Waals surface area (Å²) < 4.78 is 33.3. The third-order valence-electron chi connectivity index (χ3n) is 4.18. The number of likely N-dealkylation sites (tertiary alicyclic amines) is 1. The number of fused-ring (bicyclic) bond motifs is 1. The molecule has 1 aromatic carbocycles. The first-order chi connectivity index (χ1) is 10.1. The molecule has 0 N–H and O–H groups in total. The first-order valence-corrected chi connectivity index (χ1v) is 6.89. The van der Waals surface area contributed by atoms with Crippen molar-refractivity contribution in [2.75, 3.05) is 19.8 Å². The molecule has 0 radical (unpaired) electrons. The normalized spacial score (nSPS) is 24.5. The molecule has 0 unspecified atom stereocenters. The van der Waals surface area contributed by atoms with Crippen LogP contribution in [0.5, 0.6) is 0 Å². The number of ether oxygens (including phenoxy) is 1. The number of hydrogen-bond acceptors (Lipinski definition) is 3. The summed E-state index contributed by atoms with van der Waals surface area (Å²) in [4.78, 5) is 14.0. The van der Waals surface area contributed by atoms with Gasteiger partial charge in [-0.3, -0.25) is 4.79 Å². The van der Waals surface area contributed by atoms with Gasteiger partial charge in [0.1, 0.15) is 17.2 Å². The zero-order valence-electron chi connectivity index (χ0n) is 11.3. The molecule has 21 heavy (non-hydrogen) atoms. The molecular weight excluding hydrogens is 278 g/mol. The fourth-order valence-corrected chi connectivity index (χ4v) is 3.13. The van der Waals surface area contributed by atoms with E-state index in [-0.39, 0.29) is 17.5 Å². The number of rotatable bonds is 1. The van der Waals surface area contributed by atoms with Crippen molar-refractivity contribution in [3.05, 3.63) is 34.9 Å². The van der Waals surface area contributed by atoms with Gasteiger partial charge in [0.05, 0.1) is 30.9 Å². The van der Waals surface area contributed by atoms with Crippen LogP contribution in [0, 0.1) is 28.9 Å². The van der Waals surface area contributed by atoms with Gasteiger partial charge in [-0.1, -0.05) is 0 Å². The topological polar surface area (TPSA) is 53.3 Å².